The van der Waals surface area contributed by atoms with Crippen molar-refractivity contribution < 1.29 is 19.5 Å². The van der Waals surface area contributed by atoms with Gasteiger partial charge in [0.25, 0.3) is 0 Å². The molecule has 0 aliphatic heterocycles. The highest BCUT2D eigenvalue weighted by atomic mass is 16.4. The first-order valence-corrected chi connectivity index (χ1v) is 8.26. The third-order valence-corrected chi connectivity index (χ3v) is 4.57. The van der Waals surface area contributed by atoms with E-state index in [2.05, 4.69) is 17.6 Å². The van der Waals surface area contributed by atoms with Crippen LogP contribution >= 0.6 is 0 Å². The summed E-state index contributed by atoms with van der Waals surface area (Å²) in [7, 11) is 0. The van der Waals surface area contributed by atoms with Crippen molar-refractivity contribution >= 4 is 17.8 Å². The Morgan fingerprint density at radius 2 is 1.75 bits per heavy atom. The van der Waals surface area contributed by atoms with Crippen molar-refractivity contribution in [1.29, 1.82) is 0 Å². The van der Waals surface area contributed by atoms with Crippen LogP contribution in [0.2, 0.25) is 0 Å². The number of hydrogen-bond donors (Lipinski definition) is 3. The molecule has 6 heteroatoms. The molecule has 1 aliphatic rings. The van der Waals surface area contributed by atoms with Gasteiger partial charge in [-0.25, -0.2) is 4.79 Å². The maximum Gasteiger partial charge on any atom is 0.329 e. The number of nitrogens with one attached hydrogen (secondary N) is 2. The summed E-state index contributed by atoms with van der Waals surface area (Å²) in [5.74, 6) is -1.26. The molecule has 0 unspecified atom stereocenters. The van der Waals surface area contributed by atoms with Crippen LogP contribution in [0, 0.1) is 5.92 Å². The molecule has 1 saturated carbocycles. The van der Waals surface area contributed by atoms with Crippen LogP contribution in [0.15, 0.2) is 30.3 Å². The van der Waals surface area contributed by atoms with E-state index in [1.165, 1.54) is 0 Å². The van der Waals surface area contributed by atoms with Crippen LogP contribution in [0.3, 0.4) is 0 Å². The molecule has 0 atom stereocenters. The Bertz CT molecular complexity index is 592. The minimum atomic E-state index is -1.20. The van der Waals surface area contributed by atoms with Crippen LogP contribution in [0.5, 0.6) is 0 Å². The maximum absolute atomic E-state index is 12.1. The van der Waals surface area contributed by atoms with Crippen LogP contribution in [0.4, 0.5) is 0 Å². The predicted molar refractivity (Wildman–Crippen MR) is 89.3 cm³/mol. The molecule has 1 fully saturated rings. The fourth-order valence-corrected chi connectivity index (χ4v) is 2.98. The van der Waals surface area contributed by atoms with E-state index in [4.69, 9.17) is 0 Å². The van der Waals surface area contributed by atoms with E-state index in [9.17, 15) is 19.5 Å². The summed E-state index contributed by atoms with van der Waals surface area (Å²) in [6.45, 7) is 1.87. The third kappa shape index (κ3) is 4.81. The van der Waals surface area contributed by atoms with Crippen molar-refractivity contribution in [2.24, 2.45) is 5.92 Å². The summed E-state index contributed by atoms with van der Waals surface area (Å²) < 4.78 is 0. The Morgan fingerprint density at radius 3 is 2.33 bits per heavy atom. The first kappa shape index (κ1) is 18.0. The number of hydrogen-bond acceptors (Lipinski definition) is 3. The summed E-state index contributed by atoms with van der Waals surface area (Å²) in [6, 6.07) is 9.22. The monoisotopic (exact) mass is 332 g/mol. The van der Waals surface area contributed by atoms with Crippen molar-refractivity contribution in [3.63, 3.8) is 0 Å². The van der Waals surface area contributed by atoms with Crippen molar-refractivity contribution in [3.8, 4) is 0 Å². The molecule has 3 N–H and O–H groups in total. The van der Waals surface area contributed by atoms with E-state index in [1.807, 2.05) is 30.3 Å². The van der Waals surface area contributed by atoms with Crippen molar-refractivity contribution in [2.45, 2.75) is 44.6 Å². The number of amides is 2. The van der Waals surface area contributed by atoms with E-state index >= 15 is 0 Å². The molecule has 0 bridgehead atoms. The lowest BCUT2D eigenvalue weighted by molar-refractivity contribution is -0.149. The van der Waals surface area contributed by atoms with Gasteiger partial charge in [0.05, 0.1) is 13.0 Å². The summed E-state index contributed by atoms with van der Waals surface area (Å²) in [5, 5.41) is 14.7. The number of carboxylic acids is 1. The maximum atomic E-state index is 12.1. The SMILES string of the molecule is CC1CCC(NC(=O)CNC(=O)Cc2ccccc2)(C(=O)O)CC1. The zero-order valence-electron chi connectivity index (χ0n) is 13.9. The smallest absolute Gasteiger partial charge is 0.329 e. The molecule has 1 aromatic rings. The molecule has 1 aromatic carbocycles. The van der Waals surface area contributed by atoms with Crippen LogP contribution in [-0.4, -0.2) is 35.0 Å². The molecule has 0 aromatic heterocycles. The highest BCUT2D eigenvalue weighted by Gasteiger charge is 2.42. The van der Waals surface area contributed by atoms with Gasteiger partial charge in [0.15, 0.2) is 0 Å². The highest BCUT2D eigenvalue weighted by molar-refractivity contribution is 5.90. The Kier molecular flexibility index (Phi) is 5.95. The molecule has 130 valence electrons. The first-order chi connectivity index (χ1) is 11.4. The van der Waals surface area contributed by atoms with Gasteiger partial charge in [0.2, 0.25) is 11.8 Å². The van der Waals surface area contributed by atoms with Crippen molar-refractivity contribution in [1.82, 2.24) is 10.6 Å². The average Bonchev–Trinajstić information content (AvgIpc) is 2.56. The van der Waals surface area contributed by atoms with E-state index in [0.29, 0.717) is 18.8 Å². The fraction of sp³-hybridized carbons (Fsp3) is 0.500. The van der Waals surface area contributed by atoms with Gasteiger partial charge in [0.1, 0.15) is 5.54 Å². The quantitative estimate of drug-likeness (QED) is 0.735. The van der Waals surface area contributed by atoms with Crippen molar-refractivity contribution in [2.75, 3.05) is 6.54 Å². The van der Waals surface area contributed by atoms with Gasteiger partial charge in [-0.05, 0) is 37.2 Å². The van der Waals surface area contributed by atoms with Gasteiger partial charge in [0, 0.05) is 0 Å². The summed E-state index contributed by atoms with van der Waals surface area (Å²) >= 11 is 0. The second-order valence-corrected chi connectivity index (χ2v) is 6.56. The largest absolute Gasteiger partial charge is 0.480 e. The molecule has 24 heavy (non-hydrogen) atoms. The molecule has 1 aliphatic carbocycles. The average molecular weight is 332 g/mol. The van der Waals surface area contributed by atoms with Gasteiger partial charge in [-0.15, -0.1) is 0 Å². The van der Waals surface area contributed by atoms with E-state index in [-0.39, 0.29) is 18.9 Å². The van der Waals surface area contributed by atoms with Crippen LogP contribution in [0.25, 0.3) is 0 Å². The lowest BCUT2D eigenvalue weighted by Crippen LogP contribution is -2.58. The number of carbonyl (C=O) groups is 3. The molecule has 0 spiro atoms. The third-order valence-electron chi connectivity index (χ3n) is 4.57. The van der Waals surface area contributed by atoms with Crippen molar-refractivity contribution in [3.05, 3.63) is 35.9 Å². The fourth-order valence-electron chi connectivity index (χ4n) is 2.98. The van der Waals surface area contributed by atoms with Gasteiger partial charge < -0.3 is 15.7 Å². The number of carboxylic acid groups (broad SMARTS) is 1. The molecular weight excluding hydrogens is 308 g/mol. The first-order valence-electron chi connectivity index (χ1n) is 8.26. The number of rotatable bonds is 6. The normalized spacial score (nSPS) is 23.3. The summed E-state index contributed by atoms with van der Waals surface area (Å²) in [4.78, 5) is 35.5. The molecular formula is C18H24N2O4. The molecule has 0 saturated heterocycles. The second kappa shape index (κ2) is 7.95. The molecule has 0 radical (unpaired) electrons. The Labute approximate surface area is 141 Å². The summed E-state index contributed by atoms with van der Waals surface area (Å²) in [5.41, 5.74) is -0.341. The molecule has 2 rings (SSSR count). The minimum Gasteiger partial charge on any atom is -0.480 e. The Morgan fingerprint density at radius 1 is 1.12 bits per heavy atom. The molecule has 6 nitrogen and oxygen atoms in total. The van der Waals surface area contributed by atoms with Crippen LogP contribution in [0.1, 0.15) is 38.2 Å². The zero-order valence-corrected chi connectivity index (χ0v) is 13.9. The van der Waals surface area contributed by atoms with Gasteiger partial charge in [-0.3, -0.25) is 9.59 Å². The van der Waals surface area contributed by atoms with E-state index in [1.54, 1.807) is 0 Å². The van der Waals surface area contributed by atoms with Gasteiger partial charge in [-0.2, -0.15) is 0 Å². The number of benzene rings is 1. The summed E-state index contributed by atoms with van der Waals surface area (Å²) in [6.07, 6.45) is 2.58. The lowest BCUT2D eigenvalue weighted by Gasteiger charge is -2.36. The molecule has 0 heterocycles. The van der Waals surface area contributed by atoms with Crippen LogP contribution < -0.4 is 10.6 Å². The van der Waals surface area contributed by atoms with Gasteiger partial charge >= 0.3 is 5.97 Å². The minimum absolute atomic E-state index is 0.190. The molecule has 2 amide bonds. The standard InChI is InChI=1S/C18H24N2O4/c1-13-7-9-18(10-8-13,17(23)24)20-16(22)12-19-15(21)11-14-5-3-2-4-6-14/h2-6,13H,7-12H2,1H3,(H,19,21)(H,20,22)(H,23,24). The lowest BCUT2D eigenvalue weighted by atomic mass is 9.77. The van der Waals surface area contributed by atoms with E-state index < -0.39 is 17.4 Å². The highest BCUT2D eigenvalue weighted by Crippen LogP contribution is 2.32. The van der Waals surface area contributed by atoms with E-state index in [0.717, 1.165) is 18.4 Å². The Balaban J connectivity index is 1.83. The predicted octanol–water partition coefficient (Wildman–Crippen LogP) is 1.49. The van der Waals surface area contributed by atoms with Gasteiger partial charge in [-0.1, -0.05) is 37.3 Å². The zero-order chi connectivity index (χ0) is 17.6. The Hall–Kier alpha value is -2.37. The topological polar surface area (TPSA) is 95.5 Å². The van der Waals surface area contributed by atoms with Crippen LogP contribution in [-0.2, 0) is 20.8 Å². The second-order valence-electron chi connectivity index (χ2n) is 6.56. The number of carbonyl (C=O) groups excluding carboxylic acids is 2. The number of aliphatic carboxylic acids is 1.